The normalized spacial score (nSPS) is 13.5. The Morgan fingerprint density at radius 1 is 1.35 bits per heavy atom. The molecule has 0 fully saturated rings. The third-order valence-corrected chi connectivity index (χ3v) is 2.87. The van der Waals surface area contributed by atoms with Gasteiger partial charge in [-0.05, 0) is 22.6 Å². The molecule has 0 heterocycles. The molecule has 0 amide bonds. The zero-order valence-corrected chi connectivity index (χ0v) is 11.2. The smallest absolute Gasteiger partial charge is 0.122 e. The lowest BCUT2D eigenvalue weighted by molar-refractivity contribution is 0.182. The van der Waals surface area contributed by atoms with Crippen LogP contribution in [-0.2, 0) is 11.8 Å². The van der Waals surface area contributed by atoms with Crippen LogP contribution in [0.2, 0.25) is 0 Å². The third kappa shape index (κ3) is 3.72. The Kier molecular flexibility index (Phi) is 4.54. The van der Waals surface area contributed by atoms with Gasteiger partial charge in [-0.3, -0.25) is 0 Å². The van der Waals surface area contributed by atoms with Crippen molar-refractivity contribution in [2.45, 2.75) is 38.7 Å². The van der Waals surface area contributed by atoms with Crippen LogP contribution < -0.4 is 10.5 Å². The fourth-order valence-corrected chi connectivity index (χ4v) is 1.74. The van der Waals surface area contributed by atoms with E-state index in [0.717, 1.165) is 11.3 Å². The second-order valence-electron chi connectivity index (χ2n) is 5.37. The molecule has 0 aliphatic carbocycles. The molecule has 0 spiro atoms. The second-order valence-corrected chi connectivity index (χ2v) is 5.37. The molecule has 3 N–H and O–H groups in total. The highest BCUT2D eigenvalue weighted by atomic mass is 16.5. The van der Waals surface area contributed by atoms with Crippen LogP contribution in [0, 0.1) is 0 Å². The molecule has 0 saturated carbocycles. The van der Waals surface area contributed by atoms with Crippen molar-refractivity contribution in [1.29, 1.82) is 0 Å². The summed E-state index contributed by atoms with van der Waals surface area (Å²) in [5.41, 5.74) is 7.78. The van der Waals surface area contributed by atoms with Gasteiger partial charge in [-0.1, -0.05) is 32.9 Å². The van der Waals surface area contributed by atoms with Crippen molar-refractivity contribution in [1.82, 2.24) is 0 Å². The van der Waals surface area contributed by atoms with Crippen LogP contribution in [-0.4, -0.2) is 24.9 Å². The zero-order valence-electron chi connectivity index (χ0n) is 11.2. The van der Waals surface area contributed by atoms with Crippen LogP contribution in [0.5, 0.6) is 5.75 Å². The molecule has 0 aromatic heterocycles. The van der Waals surface area contributed by atoms with Crippen molar-refractivity contribution in [3.8, 4) is 5.75 Å². The van der Waals surface area contributed by atoms with E-state index in [-0.39, 0.29) is 12.0 Å². The van der Waals surface area contributed by atoms with Crippen molar-refractivity contribution in [2.24, 2.45) is 5.73 Å². The van der Waals surface area contributed by atoms with Crippen LogP contribution >= 0.6 is 0 Å². The molecule has 0 aliphatic heterocycles. The second kappa shape index (κ2) is 5.52. The highest BCUT2D eigenvalue weighted by molar-refractivity contribution is 5.40. The van der Waals surface area contributed by atoms with E-state index in [1.54, 1.807) is 7.11 Å². The molecule has 1 aromatic carbocycles. The van der Waals surface area contributed by atoms with E-state index in [2.05, 4.69) is 32.9 Å². The summed E-state index contributed by atoms with van der Waals surface area (Å²) < 4.78 is 5.31. The summed E-state index contributed by atoms with van der Waals surface area (Å²) in [6.45, 7) is 6.76. The number of methoxy groups -OCH3 is 1. The predicted octanol–water partition coefficient (Wildman–Crippen LogP) is 1.85. The monoisotopic (exact) mass is 237 g/mol. The number of benzene rings is 1. The third-order valence-electron chi connectivity index (χ3n) is 2.87. The summed E-state index contributed by atoms with van der Waals surface area (Å²) in [6, 6.07) is 6.12. The van der Waals surface area contributed by atoms with Gasteiger partial charge < -0.3 is 15.6 Å². The molecule has 0 bridgehead atoms. The maximum Gasteiger partial charge on any atom is 0.122 e. The fourth-order valence-electron chi connectivity index (χ4n) is 1.74. The van der Waals surface area contributed by atoms with Gasteiger partial charge in [0.25, 0.3) is 0 Å². The molecule has 0 aliphatic rings. The molecule has 0 radical (unpaired) electrons. The summed E-state index contributed by atoms with van der Waals surface area (Å²) in [5, 5.41) is 9.64. The number of hydrogen-bond donors (Lipinski definition) is 2. The first-order chi connectivity index (χ1) is 7.88. The predicted molar refractivity (Wildman–Crippen MR) is 70.5 cm³/mol. The number of nitrogens with two attached hydrogens (primary N) is 1. The summed E-state index contributed by atoms with van der Waals surface area (Å²) in [7, 11) is 1.64. The van der Waals surface area contributed by atoms with Gasteiger partial charge in [0.15, 0.2) is 0 Å². The molecular weight excluding hydrogens is 214 g/mol. The van der Waals surface area contributed by atoms with E-state index in [0.29, 0.717) is 6.42 Å². The number of hydrogen-bond acceptors (Lipinski definition) is 3. The first-order valence-electron chi connectivity index (χ1n) is 5.94. The molecule has 1 rings (SSSR count). The van der Waals surface area contributed by atoms with Crippen LogP contribution in [0.15, 0.2) is 18.2 Å². The van der Waals surface area contributed by atoms with E-state index >= 15 is 0 Å². The quantitative estimate of drug-likeness (QED) is 0.840. The minimum absolute atomic E-state index is 0.0920. The average molecular weight is 237 g/mol. The molecule has 1 unspecified atom stereocenters. The topological polar surface area (TPSA) is 55.5 Å². The number of aliphatic hydroxyl groups is 1. The van der Waals surface area contributed by atoms with Crippen molar-refractivity contribution in [2.75, 3.05) is 13.7 Å². The fraction of sp³-hybridized carbons (Fsp3) is 0.571. The highest BCUT2D eigenvalue weighted by Gasteiger charge is 2.17. The van der Waals surface area contributed by atoms with Crippen molar-refractivity contribution in [3.05, 3.63) is 29.3 Å². The Hall–Kier alpha value is -1.06. The van der Waals surface area contributed by atoms with Gasteiger partial charge in [-0.15, -0.1) is 0 Å². The van der Waals surface area contributed by atoms with Gasteiger partial charge in [0.2, 0.25) is 0 Å². The summed E-state index contributed by atoms with van der Waals surface area (Å²) in [4.78, 5) is 0. The minimum atomic E-state index is -0.515. The van der Waals surface area contributed by atoms with Crippen molar-refractivity contribution < 1.29 is 9.84 Å². The van der Waals surface area contributed by atoms with E-state index < -0.39 is 6.10 Å². The van der Waals surface area contributed by atoms with Gasteiger partial charge in [-0.25, -0.2) is 0 Å². The molecule has 1 aromatic rings. The number of aliphatic hydroxyl groups excluding tert-OH is 1. The maximum absolute atomic E-state index is 9.64. The van der Waals surface area contributed by atoms with Crippen LogP contribution in [0.25, 0.3) is 0 Å². The van der Waals surface area contributed by atoms with Crippen molar-refractivity contribution >= 4 is 0 Å². The lowest BCUT2D eigenvalue weighted by Crippen LogP contribution is -2.22. The Morgan fingerprint density at radius 3 is 2.47 bits per heavy atom. The molecule has 0 saturated heterocycles. The van der Waals surface area contributed by atoms with E-state index in [4.69, 9.17) is 10.5 Å². The first kappa shape index (κ1) is 14.0. The van der Waals surface area contributed by atoms with Crippen LogP contribution in [0.1, 0.15) is 31.9 Å². The van der Waals surface area contributed by atoms with Gasteiger partial charge in [-0.2, -0.15) is 0 Å². The first-order valence-corrected chi connectivity index (χ1v) is 5.94. The number of rotatable bonds is 4. The maximum atomic E-state index is 9.64. The van der Waals surface area contributed by atoms with Crippen molar-refractivity contribution in [3.63, 3.8) is 0 Å². The Morgan fingerprint density at radius 2 is 2.00 bits per heavy atom. The summed E-state index contributed by atoms with van der Waals surface area (Å²) in [5.74, 6) is 0.811. The molecule has 3 nitrogen and oxygen atoms in total. The Balaban J connectivity index is 3.07. The van der Waals surface area contributed by atoms with Crippen LogP contribution in [0.3, 0.4) is 0 Å². The summed E-state index contributed by atoms with van der Waals surface area (Å²) >= 11 is 0. The van der Waals surface area contributed by atoms with Gasteiger partial charge in [0.1, 0.15) is 5.75 Å². The number of ether oxygens (including phenoxy) is 1. The molecule has 1 atom stereocenters. The molecule has 96 valence electrons. The largest absolute Gasteiger partial charge is 0.496 e. The van der Waals surface area contributed by atoms with Gasteiger partial charge in [0.05, 0.1) is 13.2 Å². The SMILES string of the molecule is COc1ccc(C(C)(C)C)cc1CC(O)CN. The Labute approximate surface area is 104 Å². The zero-order chi connectivity index (χ0) is 13.1. The van der Waals surface area contributed by atoms with Gasteiger partial charge in [0, 0.05) is 13.0 Å². The summed E-state index contributed by atoms with van der Waals surface area (Å²) in [6.07, 6.45) is 0.0166. The molecule has 17 heavy (non-hydrogen) atoms. The molecular formula is C14H23NO2. The lowest BCUT2D eigenvalue weighted by Gasteiger charge is -2.21. The highest BCUT2D eigenvalue weighted by Crippen LogP contribution is 2.28. The van der Waals surface area contributed by atoms with E-state index in [1.807, 2.05) is 6.07 Å². The van der Waals surface area contributed by atoms with E-state index in [9.17, 15) is 5.11 Å². The molecule has 3 heteroatoms. The Bertz CT molecular complexity index is 369. The average Bonchev–Trinajstić information content (AvgIpc) is 2.27. The standard InChI is InChI=1S/C14H23NO2/c1-14(2,3)11-5-6-13(17-4)10(7-11)8-12(16)9-15/h5-7,12,16H,8-9,15H2,1-4H3. The lowest BCUT2D eigenvalue weighted by atomic mass is 9.85. The minimum Gasteiger partial charge on any atom is -0.496 e. The van der Waals surface area contributed by atoms with Gasteiger partial charge >= 0.3 is 0 Å². The van der Waals surface area contributed by atoms with Crippen LogP contribution in [0.4, 0.5) is 0 Å². The van der Waals surface area contributed by atoms with E-state index in [1.165, 1.54) is 5.56 Å².